The first kappa shape index (κ1) is 18.8. The molecule has 4 N–H and O–H groups in total. The zero-order valence-electron chi connectivity index (χ0n) is 12.9. The predicted molar refractivity (Wildman–Crippen MR) is 77.7 cm³/mol. The molecule has 0 aromatic rings. The van der Waals surface area contributed by atoms with Gasteiger partial charge in [0.15, 0.2) is 6.29 Å². The smallest absolute Gasteiger partial charge is 0.186 e. The van der Waals surface area contributed by atoms with E-state index in [-0.39, 0.29) is 0 Å². The van der Waals surface area contributed by atoms with E-state index < -0.39 is 37.3 Å². The van der Waals surface area contributed by atoms with Crippen molar-refractivity contribution in [3.63, 3.8) is 0 Å². The molecule has 0 aliphatic carbocycles. The van der Waals surface area contributed by atoms with Crippen molar-refractivity contribution in [2.75, 3.05) is 13.2 Å². The first-order valence-corrected chi connectivity index (χ1v) is 8.04. The second-order valence-corrected chi connectivity index (χ2v) is 5.69. The van der Waals surface area contributed by atoms with Gasteiger partial charge in [-0.25, -0.2) is 0 Å². The average Bonchev–Trinajstić information content (AvgIpc) is 2.49. The lowest BCUT2D eigenvalue weighted by atomic mass is 9.99. The van der Waals surface area contributed by atoms with Crippen LogP contribution in [0.25, 0.3) is 0 Å². The molecule has 6 nitrogen and oxygen atoms in total. The van der Waals surface area contributed by atoms with Crippen molar-refractivity contribution in [2.24, 2.45) is 0 Å². The second kappa shape index (κ2) is 10.5. The minimum atomic E-state index is -1.37. The maximum absolute atomic E-state index is 9.78. The van der Waals surface area contributed by atoms with Crippen LogP contribution in [0.2, 0.25) is 0 Å². The molecular formula is C15H30O6. The van der Waals surface area contributed by atoms with Crippen molar-refractivity contribution in [3.8, 4) is 0 Å². The molecule has 21 heavy (non-hydrogen) atoms. The van der Waals surface area contributed by atoms with Crippen LogP contribution in [0.15, 0.2) is 0 Å². The summed E-state index contributed by atoms with van der Waals surface area (Å²) in [6.07, 6.45) is 2.20. The summed E-state index contributed by atoms with van der Waals surface area (Å²) >= 11 is 0. The first-order chi connectivity index (χ1) is 10.1. The molecule has 0 aromatic heterocycles. The Kier molecular flexibility index (Phi) is 9.39. The van der Waals surface area contributed by atoms with E-state index in [0.717, 1.165) is 19.3 Å². The van der Waals surface area contributed by atoms with E-state index in [9.17, 15) is 15.3 Å². The quantitative estimate of drug-likeness (QED) is 0.440. The van der Waals surface area contributed by atoms with Crippen LogP contribution in [-0.2, 0) is 9.47 Å². The maximum Gasteiger partial charge on any atom is 0.186 e. The lowest BCUT2D eigenvalue weighted by Crippen LogP contribution is -2.59. The van der Waals surface area contributed by atoms with Crippen molar-refractivity contribution in [1.29, 1.82) is 0 Å². The molecule has 0 amide bonds. The monoisotopic (exact) mass is 306 g/mol. The van der Waals surface area contributed by atoms with Crippen LogP contribution in [0.1, 0.15) is 51.9 Å². The molecule has 1 aliphatic heterocycles. The fraction of sp³-hybridized carbons (Fsp3) is 1.00. The highest BCUT2D eigenvalue weighted by molar-refractivity contribution is 4.88. The second-order valence-electron chi connectivity index (χ2n) is 5.69. The van der Waals surface area contributed by atoms with Crippen LogP contribution in [0, 0.1) is 0 Å². The highest BCUT2D eigenvalue weighted by Gasteiger charge is 2.43. The Labute approximate surface area is 126 Å². The van der Waals surface area contributed by atoms with Gasteiger partial charge in [0.1, 0.15) is 24.4 Å². The molecule has 0 saturated carbocycles. The normalized spacial score (nSPS) is 33.3. The minimum absolute atomic E-state index is 0.427. The van der Waals surface area contributed by atoms with Crippen molar-refractivity contribution < 1.29 is 29.9 Å². The Morgan fingerprint density at radius 2 is 1.48 bits per heavy atom. The Hall–Kier alpha value is -0.240. The van der Waals surface area contributed by atoms with Gasteiger partial charge in [-0.05, 0) is 6.42 Å². The Balaban J connectivity index is 2.16. The van der Waals surface area contributed by atoms with E-state index in [2.05, 4.69) is 6.92 Å². The van der Waals surface area contributed by atoms with Crippen LogP contribution < -0.4 is 0 Å². The van der Waals surface area contributed by atoms with Crippen molar-refractivity contribution >= 4 is 0 Å². The Morgan fingerprint density at radius 3 is 2.10 bits per heavy atom. The molecule has 1 heterocycles. The van der Waals surface area contributed by atoms with Gasteiger partial charge in [-0.1, -0.05) is 45.4 Å². The lowest BCUT2D eigenvalue weighted by Gasteiger charge is -2.39. The van der Waals surface area contributed by atoms with E-state index in [0.29, 0.717) is 6.61 Å². The molecule has 0 spiro atoms. The molecule has 0 radical (unpaired) electrons. The van der Waals surface area contributed by atoms with Gasteiger partial charge >= 0.3 is 0 Å². The fourth-order valence-corrected chi connectivity index (χ4v) is 2.46. The summed E-state index contributed by atoms with van der Waals surface area (Å²) in [7, 11) is 0. The molecule has 5 atom stereocenters. The molecule has 1 fully saturated rings. The van der Waals surface area contributed by atoms with Gasteiger partial charge < -0.3 is 29.9 Å². The largest absolute Gasteiger partial charge is 0.394 e. The van der Waals surface area contributed by atoms with Gasteiger partial charge in [0.25, 0.3) is 0 Å². The van der Waals surface area contributed by atoms with Gasteiger partial charge in [0.05, 0.1) is 6.61 Å². The predicted octanol–water partition coefficient (Wildman–Crippen LogP) is 0.553. The van der Waals surface area contributed by atoms with Gasteiger partial charge in [-0.3, -0.25) is 0 Å². The number of hydrogen-bond donors (Lipinski definition) is 4. The number of rotatable bonds is 10. The summed E-state index contributed by atoms with van der Waals surface area (Å²) in [5.74, 6) is 0. The highest BCUT2D eigenvalue weighted by Crippen LogP contribution is 2.22. The summed E-state index contributed by atoms with van der Waals surface area (Å²) in [4.78, 5) is 0. The Morgan fingerprint density at radius 1 is 0.857 bits per heavy atom. The van der Waals surface area contributed by atoms with Crippen molar-refractivity contribution in [1.82, 2.24) is 0 Å². The van der Waals surface area contributed by atoms with Crippen LogP contribution in [0.5, 0.6) is 0 Å². The summed E-state index contributed by atoms with van der Waals surface area (Å²) in [5, 5.41) is 38.1. The van der Waals surface area contributed by atoms with Crippen LogP contribution >= 0.6 is 0 Å². The summed E-state index contributed by atoms with van der Waals surface area (Å²) in [6, 6.07) is 0. The summed E-state index contributed by atoms with van der Waals surface area (Å²) in [5.41, 5.74) is 0. The molecule has 1 rings (SSSR count). The topological polar surface area (TPSA) is 99.4 Å². The zero-order chi connectivity index (χ0) is 15.7. The molecule has 6 heteroatoms. The molecular weight excluding hydrogens is 276 g/mol. The average molecular weight is 306 g/mol. The van der Waals surface area contributed by atoms with Crippen molar-refractivity contribution in [2.45, 2.75) is 82.6 Å². The minimum Gasteiger partial charge on any atom is -0.394 e. The van der Waals surface area contributed by atoms with Crippen LogP contribution in [0.4, 0.5) is 0 Å². The lowest BCUT2D eigenvalue weighted by molar-refractivity contribution is -0.301. The molecule has 126 valence electrons. The number of aliphatic hydroxyl groups is 4. The van der Waals surface area contributed by atoms with Gasteiger partial charge in [-0.15, -0.1) is 0 Å². The SMILES string of the molecule is CCCCCCCCCO[C@@H]1O[C@H](CO)[C@H](O)[C@@H](O)[C@@H]1O. The van der Waals surface area contributed by atoms with E-state index in [1.807, 2.05) is 0 Å². The van der Waals surface area contributed by atoms with E-state index >= 15 is 0 Å². The molecule has 1 aliphatic rings. The molecule has 1 saturated heterocycles. The third kappa shape index (κ3) is 6.18. The number of unbranched alkanes of at least 4 members (excludes halogenated alkanes) is 6. The van der Waals surface area contributed by atoms with Crippen LogP contribution in [0.3, 0.4) is 0 Å². The summed E-state index contributed by atoms with van der Waals surface area (Å²) < 4.78 is 10.7. The standard InChI is InChI=1S/C15H30O6/c1-2-3-4-5-6-7-8-9-20-15-14(19)13(18)12(17)11(10-16)21-15/h11-19H,2-10H2,1H3/t11-,12+,13-,14+,15-/m1/s1. The molecule has 0 bridgehead atoms. The summed E-state index contributed by atoms with van der Waals surface area (Å²) in [6.45, 7) is 2.19. The van der Waals surface area contributed by atoms with E-state index in [1.54, 1.807) is 0 Å². The number of aliphatic hydroxyl groups excluding tert-OH is 4. The van der Waals surface area contributed by atoms with E-state index in [4.69, 9.17) is 14.6 Å². The van der Waals surface area contributed by atoms with E-state index in [1.165, 1.54) is 25.7 Å². The van der Waals surface area contributed by atoms with Gasteiger partial charge in [-0.2, -0.15) is 0 Å². The fourth-order valence-electron chi connectivity index (χ4n) is 2.46. The van der Waals surface area contributed by atoms with Gasteiger partial charge in [0.2, 0.25) is 0 Å². The number of ether oxygens (including phenoxy) is 2. The van der Waals surface area contributed by atoms with Gasteiger partial charge in [0, 0.05) is 6.61 Å². The molecule has 0 aromatic carbocycles. The Bertz CT molecular complexity index is 261. The van der Waals surface area contributed by atoms with Crippen molar-refractivity contribution in [3.05, 3.63) is 0 Å². The van der Waals surface area contributed by atoms with Crippen LogP contribution in [-0.4, -0.2) is 64.3 Å². The highest BCUT2D eigenvalue weighted by atomic mass is 16.7. The molecule has 0 unspecified atom stereocenters. The third-order valence-electron chi connectivity index (χ3n) is 3.88. The maximum atomic E-state index is 9.78. The number of hydrogen-bond acceptors (Lipinski definition) is 6. The third-order valence-corrected chi connectivity index (χ3v) is 3.88. The zero-order valence-corrected chi connectivity index (χ0v) is 12.9. The first-order valence-electron chi connectivity index (χ1n) is 8.04.